The molecule has 1 aliphatic rings. The van der Waals surface area contributed by atoms with Gasteiger partial charge in [0.1, 0.15) is 24.6 Å². The summed E-state index contributed by atoms with van der Waals surface area (Å²) in [7, 11) is 0. The molecule has 1 heterocycles. The zero-order valence-corrected chi connectivity index (χ0v) is 37.0. The van der Waals surface area contributed by atoms with Crippen molar-refractivity contribution in [2.75, 3.05) is 39.4 Å². The van der Waals surface area contributed by atoms with E-state index in [4.69, 9.17) is 32.3 Å². The highest BCUT2D eigenvalue weighted by molar-refractivity contribution is 6.22. The molecule has 2 atom stereocenters. The number of oxime groups is 2. The lowest BCUT2D eigenvalue weighted by atomic mass is 9.94. The molecule has 0 saturated heterocycles. The fraction of sp³-hybridized carbons (Fsp3) is 0.581. The number of carbonyl (C=O) groups excluding carboxylic acids is 2. The Balaban J connectivity index is 1.51. The fourth-order valence-corrected chi connectivity index (χ4v) is 7.02. The first-order chi connectivity index (χ1) is 28.6. The van der Waals surface area contributed by atoms with E-state index < -0.39 is 16.6 Å². The first-order valence-electron chi connectivity index (χ1n) is 20.7. The van der Waals surface area contributed by atoms with Crippen LogP contribution in [-0.4, -0.2) is 112 Å². The van der Waals surface area contributed by atoms with Gasteiger partial charge in [0.25, 0.3) is 0 Å². The molecule has 17 heteroatoms. The standard InChI is InChI=1S/C43H66ClN11O5/c1-8-9-14-37-51-40(44)36(55(37)26-32-15-17-33(18-16-32)34-12-10-11-13-35(34)41(45)52-46)25-48-39(57)28-60-27-38(56)47-22-19-31(20-23-49-42(4,5)29(2)53-58)21-24-50-43(6,7)30(3)54-59/h10-13,15-18,31,36,40,45-46,49-50,58-59H,8-9,14,19-28H2,1-7H3,(H,47,56)(H,48,57)/b45-41?,52-46?,53-29-,54-30-. The van der Waals surface area contributed by atoms with Crippen molar-refractivity contribution in [1.29, 1.82) is 10.9 Å². The number of nitrogens with one attached hydrogen (secondary N) is 6. The van der Waals surface area contributed by atoms with Gasteiger partial charge in [-0.3, -0.25) is 20.0 Å². The molecule has 0 fully saturated rings. The molecule has 8 N–H and O–H groups in total. The Morgan fingerprint density at radius 2 is 1.47 bits per heavy atom. The highest BCUT2D eigenvalue weighted by Crippen LogP contribution is 2.28. The van der Waals surface area contributed by atoms with Crippen LogP contribution in [0.15, 0.2) is 68.9 Å². The van der Waals surface area contributed by atoms with Crippen LogP contribution in [0, 0.1) is 16.9 Å². The van der Waals surface area contributed by atoms with E-state index >= 15 is 0 Å². The van der Waals surface area contributed by atoms with Crippen LogP contribution in [0.3, 0.4) is 0 Å². The number of carbonyl (C=O) groups is 2. The third kappa shape index (κ3) is 15.4. The highest BCUT2D eigenvalue weighted by Gasteiger charge is 2.35. The summed E-state index contributed by atoms with van der Waals surface area (Å²) in [6, 6.07) is 15.1. The number of unbranched alkanes of at least 4 members (excludes halogenated alkanes) is 1. The fourth-order valence-electron chi connectivity index (χ4n) is 6.68. The summed E-state index contributed by atoms with van der Waals surface area (Å²) in [6.45, 7) is 15.5. The molecule has 0 radical (unpaired) electrons. The molecule has 2 aromatic rings. The Bertz CT molecular complexity index is 1780. The van der Waals surface area contributed by atoms with Gasteiger partial charge in [-0.2, -0.15) is 0 Å². The number of alkyl halides is 1. The lowest BCUT2D eigenvalue weighted by Crippen LogP contribution is -2.47. The molecular formula is C43H66ClN11O5. The van der Waals surface area contributed by atoms with Crippen LogP contribution in [0.1, 0.15) is 98.1 Å². The van der Waals surface area contributed by atoms with Gasteiger partial charge in [0.05, 0.1) is 28.5 Å². The largest absolute Gasteiger partial charge is 0.411 e. The number of rotatable bonds is 26. The van der Waals surface area contributed by atoms with Crippen LogP contribution in [-0.2, 0) is 20.9 Å². The molecule has 1 aliphatic heterocycles. The summed E-state index contributed by atoms with van der Waals surface area (Å²) in [5, 5.41) is 49.3. The van der Waals surface area contributed by atoms with Gasteiger partial charge in [-0.1, -0.05) is 83.8 Å². The lowest BCUT2D eigenvalue weighted by molar-refractivity contribution is -0.131. The molecule has 2 aromatic carbocycles. The van der Waals surface area contributed by atoms with Crippen LogP contribution in [0.2, 0.25) is 0 Å². The monoisotopic (exact) mass is 851 g/mol. The number of hydrogen-bond donors (Lipinski definition) is 8. The average molecular weight is 853 g/mol. The van der Waals surface area contributed by atoms with Gasteiger partial charge in [0.2, 0.25) is 11.8 Å². The molecule has 0 aliphatic carbocycles. The van der Waals surface area contributed by atoms with E-state index in [0.717, 1.165) is 54.6 Å². The molecule has 60 heavy (non-hydrogen) atoms. The molecule has 16 nitrogen and oxygen atoms in total. The van der Waals surface area contributed by atoms with Gasteiger partial charge >= 0.3 is 0 Å². The number of halogens is 1. The number of ether oxygens (including phenoxy) is 1. The van der Waals surface area contributed by atoms with Crippen molar-refractivity contribution >= 4 is 46.5 Å². The Hall–Kier alpha value is -4.77. The van der Waals surface area contributed by atoms with Crippen molar-refractivity contribution in [1.82, 2.24) is 26.2 Å². The SMILES string of the molecule is CCCCC1=NC(Cl)C(CNC(=O)COCC(=O)NCCC(CCNC(C)(C)/C(C)=N\O)CCNC(C)(C)/C(C)=N\O)N1Cc1ccc(-c2ccccc2C(=N)N=N)cc1. The number of nitrogens with zero attached hydrogens (tertiary/aromatic N) is 5. The third-order valence-electron chi connectivity index (χ3n) is 11.2. The second kappa shape index (κ2) is 24.5. The van der Waals surface area contributed by atoms with Gasteiger partial charge < -0.3 is 41.3 Å². The van der Waals surface area contributed by atoms with E-state index in [1.54, 1.807) is 19.9 Å². The van der Waals surface area contributed by atoms with Crippen molar-refractivity contribution < 1.29 is 24.7 Å². The smallest absolute Gasteiger partial charge is 0.246 e. The summed E-state index contributed by atoms with van der Waals surface area (Å²) in [5.74, 6) is 0.345. The average Bonchev–Trinajstić information content (AvgIpc) is 3.53. The van der Waals surface area contributed by atoms with Crippen LogP contribution < -0.4 is 21.3 Å². The number of aliphatic imine (C=N–C) groups is 1. The van der Waals surface area contributed by atoms with E-state index in [1.807, 2.05) is 70.2 Å². The van der Waals surface area contributed by atoms with Crippen LogP contribution in [0.5, 0.6) is 0 Å². The van der Waals surface area contributed by atoms with Crippen molar-refractivity contribution in [2.24, 2.45) is 26.3 Å². The van der Waals surface area contributed by atoms with Gasteiger partial charge in [0, 0.05) is 31.6 Å². The summed E-state index contributed by atoms with van der Waals surface area (Å²) in [6.07, 6.45) is 5.05. The zero-order valence-electron chi connectivity index (χ0n) is 36.3. The van der Waals surface area contributed by atoms with Crippen molar-refractivity contribution in [3.8, 4) is 11.1 Å². The van der Waals surface area contributed by atoms with Gasteiger partial charge in [-0.25, -0.2) is 5.53 Å². The van der Waals surface area contributed by atoms with Gasteiger partial charge in [0.15, 0.2) is 5.84 Å². The Labute approximate surface area is 360 Å². The molecule has 2 unspecified atom stereocenters. The first kappa shape index (κ1) is 49.6. The van der Waals surface area contributed by atoms with E-state index in [-0.39, 0.29) is 49.4 Å². The molecular weight excluding hydrogens is 786 g/mol. The Morgan fingerprint density at radius 3 is 2.03 bits per heavy atom. The second-order valence-electron chi connectivity index (χ2n) is 16.3. The Morgan fingerprint density at radius 1 is 0.900 bits per heavy atom. The van der Waals surface area contributed by atoms with Crippen LogP contribution in [0.25, 0.3) is 11.1 Å². The predicted molar refractivity (Wildman–Crippen MR) is 238 cm³/mol. The second-order valence-corrected chi connectivity index (χ2v) is 16.7. The van der Waals surface area contributed by atoms with Crippen molar-refractivity contribution in [3.63, 3.8) is 0 Å². The normalized spacial score (nSPS) is 16.2. The lowest BCUT2D eigenvalue weighted by Gasteiger charge is -2.29. The molecule has 0 saturated carbocycles. The zero-order chi connectivity index (χ0) is 44.3. The third-order valence-corrected chi connectivity index (χ3v) is 11.6. The molecule has 0 spiro atoms. The summed E-state index contributed by atoms with van der Waals surface area (Å²) >= 11 is 6.77. The molecule has 0 bridgehead atoms. The molecule has 3 rings (SSSR count). The summed E-state index contributed by atoms with van der Waals surface area (Å²) in [4.78, 5) is 32.5. The number of benzene rings is 2. The number of amidine groups is 2. The van der Waals surface area contributed by atoms with E-state index in [0.29, 0.717) is 49.6 Å². The minimum Gasteiger partial charge on any atom is -0.411 e. The summed E-state index contributed by atoms with van der Waals surface area (Å²) in [5.41, 5.74) is 10.3. The predicted octanol–water partition coefficient (Wildman–Crippen LogP) is 6.52. The summed E-state index contributed by atoms with van der Waals surface area (Å²) < 4.78 is 5.49. The van der Waals surface area contributed by atoms with Crippen molar-refractivity contribution in [3.05, 3.63) is 59.7 Å². The number of amides is 2. The maximum absolute atomic E-state index is 12.9. The minimum atomic E-state index is -0.556. The van der Waals surface area contributed by atoms with Crippen LogP contribution in [0.4, 0.5) is 0 Å². The Kier molecular flexibility index (Phi) is 20.2. The van der Waals surface area contributed by atoms with E-state index in [1.165, 1.54) is 0 Å². The van der Waals surface area contributed by atoms with E-state index in [2.05, 4.69) is 48.5 Å². The maximum atomic E-state index is 12.9. The van der Waals surface area contributed by atoms with Gasteiger partial charge in [-0.05, 0) is 103 Å². The topological polar surface area (TPSA) is 232 Å². The number of hydrogen-bond acceptors (Lipinski definition) is 13. The van der Waals surface area contributed by atoms with Crippen molar-refractivity contribution in [2.45, 2.75) is 116 Å². The maximum Gasteiger partial charge on any atom is 0.246 e. The molecule has 330 valence electrons. The van der Waals surface area contributed by atoms with Crippen LogP contribution >= 0.6 is 11.6 Å². The van der Waals surface area contributed by atoms with E-state index in [9.17, 15) is 20.0 Å². The molecule has 2 amide bonds. The minimum absolute atomic E-state index is 0.103. The highest BCUT2D eigenvalue weighted by atomic mass is 35.5. The molecule has 0 aromatic heterocycles. The quantitative estimate of drug-likeness (QED) is 0.00985. The van der Waals surface area contributed by atoms with Gasteiger partial charge in [-0.15, -0.1) is 5.11 Å². The first-order valence-corrected chi connectivity index (χ1v) is 21.1.